The number of aliphatic hydroxyl groups is 1. The van der Waals surface area contributed by atoms with Gasteiger partial charge in [-0.3, -0.25) is 0 Å². The van der Waals surface area contributed by atoms with Crippen LogP contribution in [0.15, 0.2) is 12.1 Å². The molecule has 5 heteroatoms. The van der Waals surface area contributed by atoms with Crippen LogP contribution in [0.4, 0.5) is 13.2 Å². The third-order valence-electron chi connectivity index (χ3n) is 1.44. The Kier molecular flexibility index (Phi) is 2.54. The molecule has 0 radical (unpaired) electrons. The molecule has 1 aromatic carbocycles. The van der Waals surface area contributed by atoms with E-state index in [1.165, 1.54) is 6.07 Å². The molecule has 0 amide bonds. The molecule has 0 heterocycles. The summed E-state index contributed by atoms with van der Waals surface area (Å²) in [6.45, 7) is 0. The zero-order valence-electron chi connectivity index (χ0n) is 6.26. The molecule has 0 fully saturated rings. The Labute approximate surface area is 71.8 Å². The maximum atomic E-state index is 12.5. The van der Waals surface area contributed by atoms with Crippen LogP contribution >= 0.6 is 0 Å². The quantitative estimate of drug-likeness (QED) is 0.536. The molecule has 0 unspecified atom stereocenters. The lowest BCUT2D eigenvalue weighted by molar-refractivity contribution is 0.234. The van der Waals surface area contributed by atoms with E-state index in [9.17, 15) is 13.2 Å². The Morgan fingerprint density at radius 3 is 2.08 bits per heavy atom. The molecule has 0 aromatic heterocycles. The van der Waals surface area contributed by atoms with Crippen molar-refractivity contribution in [2.75, 3.05) is 0 Å². The van der Waals surface area contributed by atoms with Gasteiger partial charge in [-0.1, -0.05) is 0 Å². The number of nitriles is 1. The molecule has 0 spiro atoms. The molecule has 0 saturated carbocycles. The van der Waals surface area contributed by atoms with E-state index in [0.29, 0.717) is 12.1 Å². The number of rotatable bonds is 1. The Hall–Kier alpha value is -1.54. The van der Waals surface area contributed by atoms with Crippen LogP contribution in [-0.4, -0.2) is 5.11 Å². The van der Waals surface area contributed by atoms with Crippen molar-refractivity contribution in [1.82, 2.24) is 0 Å². The van der Waals surface area contributed by atoms with Crippen molar-refractivity contribution in [3.8, 4) is 6.07 Å². The van der Waals surface area contributed by atoms with Crippen LogP contribution in [0.5, 0.6) is 0 Å². The van der Waals surface area contributed by atoms with Gasteiger partial charge in [0.25, 0.3) is 0 Å². The van der Waals surface area contributed by atoms with Crippen LogP contribution in [0.25, 0.3) is 0 Å². The fraction of sp³-hybridized carbons (Fsp3) is 0.125. The van der Waals surface area contributed by atoms with Crippen molar-refractivity contribution >= 4 is 0 Å². The Morgan fingerprint density at radius 1 is 1.23 bits per heavy atom. The summed E-state index contributed by atoms with van der Waals surface area (Å²) in [6, 6.07) is 2.51. The minimum atomic E-state index is -1.65. The van der Waals surface area contributed by atoms with Gasteiger partial charge < -0.3 is 5.11 Å². The molecule has 1 N–H and O–H groups in total. The Morgan fingerprint density at radius 2 is 1.69 bits per heavy atom. The van der Waals surface area contributed by atoms with E-state index in [2.05, 4.69) is 0 Å². The number of nitrogens with zero attached hydrogens (tertiary/aromatic N) is 1. The van der Waals surface area contributed by atoms with Crippen molar-refractivity contribution in [3.63, 3.8) is 0 Å². The van der Waals surface area contributed by atoms with Crippen molar-refractivity contribution in [2.45, 2.75) is 6.10 Å². The highest BCUT2D eigenvalue weighted by atomic mass is 19.2. The van der Waals surface area contributed by atoms with Crippen LogP contribution in [0.3, 0.4) is 0 Å². The van der Waals surface area contributed by atoms with E-state index in [0.717, 1.165) is 0 Å². The van der Waals surface area contributed by atoms with Gasteiger partial charge in [0.1, 0.15) is 0 Å². The summed E-state index contributed by atoms with van der Waals surface area (Å²) in [7, 11) is 0. The van der Waals surface area contributed by atoms with Gasteiger partial charge in [-0.15, -0.1) is 0 Å². The molecule has 0 aliphatic rings. The number of hydrogen-bond donors (Lipinski definition) is 1. The maximum Gasteiger partial charge on any atom is 0.194 e. The molecular formula is C8H4F3NO. The molecule has 0 aliphatic heterocycles. The van der Waals surface area contributed by atoms with E-state index < -0.39 is 23.6 Å². The number of aliphatic hydroxyl groups excluding tert-OH is 1. The number of hydrogen-bond acceptors (Lipinski definition) is 2. The first-order valence-corrected chi connectivity index (χ1v) is 3.28. The van der Waals surface area contributed by atoms with E-state index in [1.807, 2.05) is 0 Å². The highest BCUT2D eigenvalue weighted by Crippen LogP contribution is 2.18. The zero-order chi connectivity index (χ0) is 10.0. The second kappa shape index (κ2) is 3.46. The zero-order valence-corrected chi connectivity index (χ0v) is 6.26. The standard InChI is InChI=1S/C8H4F3NO/c9-5-1-4(7(13)3-12)2-6(10)8(5)11/h1-2,7,13H/t7-/m0/s1. The van der Waals surface area contributed by atoms with Crippen LogP contribution in [-0.2, 0) is 0 Å². The smallest absolute Gasteiger partial charge is 0.194 e. The van der Waals surface area contributed by atoms with Crippen LogP contribution in [0, 0.1) is 28.8 Å². The molecule has 13 heavy (non-hydrogen) atoms. The van der Waals surface area contributed by atoms with Crippen molar-refractivity contribution < 1.29 is 18.3 Å². The topological polar surface area (TPSA) is 44.0 Å². The SMILES string of the molecule is N#C[C@H](O)c1cc(F)c(F)c(F)c1. The normalized spacial score (nSPS) is 12.2. The van der Waals surface area contributed by atoms with Gasteiger partial charge in [-0.2, -0.15) is 5.26 Å². The van der Waals surface area contributed by atoms with Crippen molar-refractivity contribution in [1.29, 1.82) is 5.26 Å². The summed E-state index contributed by atoms with van der Waals surface area (Å²) >= 11 is 0. The van der Waals surface area contributed by atoms with E-state index in [-0.39, 0.29) is 5.56 Å². The molecule has 0 aliphatic carbocycles. The Bertz CT molecular complexity index is 349. The lowest BCUT2D eigenvalue weighted by atomic mass is 10.1. The fourth-order valence-corrected chi connectivity index (χ4v) is 0.808. The van der Waals surface area contributed by atoms with E-state index >= 15 is 0 Å². The second-order valence-corrected chi connectivity index (χ2v) is 2.33. The molecule has 1 rings (SSSR count). The third-order valence-corrected chi connectivity index (χ3v) is 1.44. The number of halogens is 3. The van der Waals surface area contributed by atoms with E-state index in [4.69, 9.17) is 10.4 Å². The maximum absolute atomic E-state index is 12.5. The molecular weight excluding hydrogens is 183 g/mol. The van der Waals surface area contributed by atoms with Crippen LogP contribution in [0.1, 0.15) is 11.7 Å². The summed E-state index contributed by atoms with van der Waals surface area (Å²) in [5.41, 5.74) is -0.307. The Balaban J connectivity index is 3.22. The molecule has 1 atom stereocenters. The highest BCUT2D eigenvalue weighted by Gasteiger charge is 2.14. The molecule has 1 aromatic rings. The highest BCUT2D eigenvalue weighted by molar-refractivity contribution is 5.24. The summed E-state index contributed by atoms with van der Waals surface area (Å²) in [5, 5.41) is 17.1. The van der Waals surface area contributed by atoms with Gasteiger partial charge in [0.15, 0.2) is 23.6 Å². The van der Waals surface area contributed by atoms with Crippen molar-refractivity contribution in [3.05, 3.63) is 35.1 Å². The first-order valence-electron chi connectivity index (χ1n) is 3.28. The summed E-state index contributed by atoms with van der Waals surface area (Å²) in [6.07, 6.45) is -1.65. The monoisotopic (exact) mass is 187 g/mol. The van der Waals surface area contributed by atoms with Crippen LogP contribution < -0.4 is 0 Å². The summed E-state index contributed by atoms with van der Waals surface area (Å²) in [5.74, 6) is -4.47. The van der Waals surface area contributed by atoms with Gasteiger partial charge in [0, 0.05) is 5.56 Å². The van der Waals surface area contributed by atoms with Crippen molar-refractivity contribution in [2.24, 2.45) is 0 Å². The predicted octanol–water partition coefficient (Wildman–Crippen LogP) is 1.66. The largest absolute Gasteiger partial charge is 0.374 e. The van der Waals surface area contributed by atoms with Gasteiger partial charge in [-0.25, -0.2) is 13.2 Å². The minimum Gasteiger partial charge on any atom is -0.374 e. The van der Waals surface area contributed by atoms with Gasteiger partial charge >= 0.3 is 0 Å². The summed E-state index contributed by atoms with van der Waals surface area (Å²) < 4.78 is 37.4. The predicted molar refractivity (Wildman–Crippen MR) is 36.9 cm³/mol. The fourth-order valence-electron chi connectivity index (χ4n) is 0.808. The lowest BCUT2D eigenvalue weighted by Gasteiger charge is -2.02. The van der Waals surface area contributed by atoms with E-state index in [1.54, 1.807) is 0 Å². The van der Waals surface area contributed by atoms with Crippen LogP contribution in [0.2, 0.25) is 0 Å². The van der Waals surface area contributed by atoms with Gasteiger partial charge in [0.05, 0.1) is 6.07 Å². The first-order chi connectivity index (χ1) is 6.06. The van der Waals surface area contributed by atoms with Gasteiger partial charge in [-0.05, 0) is 12.1 Å². The average Bonchev–Trinajstić information content (AvgIpc) is 2.12. The first kappa shape index (κ1) is 9.55. The number of benzene rings is 1. The molecule has 0 bridgehead atoms. The molecule has 68 valence electrons. The minimum absolute atomic E-state index is 0.307. The molecule has 2 nitrogen and oxygen atoms in total. The third kappa shape index (κ3) is 1.79. The van der Waals surface area contributed by atoms with Gasteiger partial charge in [0.2, 0.25) is 0 Å². The second-order valence-electron chi connectivity index (χ2n) is 2.33. The summed E-state index contributed by atoms with van der Waals surface area (Å²) in [4.78, 5) is 0. The lowest BCUT2D eigenvalue weighted by Crippen LogP contribution is -1.99. The average molecular weight is 187 g/mol. The molecule has 0 saturated heterocycles.